The van der Waals surface area contributed by atoms with Gasteiger partial charge in [0.2, 0.25) is 0 Å². The molecule has 4 aliphatic carbocycles. The maximum atomic E-state index is 14.8. The van der Waals surface area contributed by atoms with Crippen LogP contribution in [0, 0.1) is 41.7 Å². The van der Waals surface area contributed by atoms with Crippen molar-refractivity contribution < 1.29 is 13.6 Å². The molecule has 1 heterocycles. The molecule has 1 amide bonds. The molecule has 1 aromatic heterocycles. The fraction of sp³-hybridized carbons (Fsp3) is 0.429. The summed E-state index contributed by atoms with van der Waals surface area (Å²) in [4.78, 5) is 13.4. The second-order valence-electron chi connectivity index (χ2n) is 10.9. The number of fused-ring (bicyclic) bond motifs is 5. The van der Waals surface area contributed by atoms with Crippen LogP contribution in [-0.2, 0) is 6.42 Å². The van der Waals surface area contributed by atoms with E-state index in [1.165, 1.54) is 29.7 Å². The normalized spacial score (nSPS) is 23.7. The molecule has 0 saturated heterocycles. The van der Waals surface area contributed by atoms with Gasteiger partial charge >= 0.3 is 0 Å². The zero-order chi connectivity index (χ0) is 23.8. The van der Waals surface area contributed by atoms with Crippen LogP contribution in [0.25, 0.3) is 16.9 Å². The highest BCUT2D eigenvalue weighted by molar-refractivity contribution is 5.97. The number of halogens is 2. The van der Waals surface area contributed by atoms with Gasteiger partial charge in [0, 0.05) is 30.2 Å². The summed E-state index contributed by atoms with van der Waals surface area (Å²) in [5.41, 5.74) is 5.49. The summed E-state index contributed by atoms with van der Waals surface area (Å²) in [6.07, 6.45) is 4.21. The number of hydrogen-bond acceptors (Lipinski definition) is 2. The standard InChI is InChI=1S/C28H29F2N3O/c1-15-4-8-20-17(10-15)11-21-25(32-33(26(20)21)24-9-7-19(29)13-23(24)30)27(34)31-14-16-5-6-18-12-22(16)28(18,2)3/h4,7-10,13,16,18,22H,5-6,11-12,14H2,1-3H3,(H,31,34). The van der Waals surface area contributed by atoms with Crippen LogP contribution >= 0.6 is 0 Å². The van der Waals surface area contributed by atoms with E-state index in [1.807, 2.05) is 19.1 Å². The fourth-order valence-electron chi connectivity index (χ4n) is 6.71. The highest BCUT2D eigenvalue weighted by Crippen LogP contribution is 2.61. The zero-order valence-electron chi connectivity index (χ0n) is 19.8. The van der Waals surface area contributed by atoms with Gasteiger partial charge in [-0.2, -0.15) is 5.10 Å². The fourth-order valence-corrected chi connectivity index (χ4v) is 6.71. The zero-order valence-corrected chi connectivity index (χ0v) is 19.8. The van der Waals surface area contributed by atoms with Gasteiger partial charge in [0.25, 0.3) is 5.91 Å². The second kappa shape index (κ2) is 7.49. The van der Waals surface area contributed by atoms with Crippen molar-refractivity contribution in [1.82, 2.24) is 15.1 Å². The first-order chi connectivity index (χ1) is 16.2. The SMILES string of the molecule is Cc1ccc2c(c1)Cc1c(C(=O)NCC3CCC4CC3C4(C)C)nn(-c3ccc(F)cc3F)c1-2. The lowest BCUT2D eigenvalue weighted by atomic mass is 9.45. The van der Waals surface area contributed by atoms with Crippen molar-refractivity contribution in [3.8, 4) is 16.9 Å². The smallest absolute Gasteiger partial charge is 0.272 e. The molecule has 176 valence electrons. The van der Waals surface area contributed by atoms with Gasteiger partial charge in [-0.1, -0.05) is 37.6 Å². The van der Waals surface area contributed by atoms with Crippen LogP contribution in [0.4, 0.5) is 8.78 Å². The molecule has 7 rings (SSSR count). The van der Waals surface area contributed by atoms with Crippen molar-refractivity contribution in [3.05, 3.63) is 70.4 Å². The van der Waals surface area contributed by atoms with Gasteiger partial charge in [0.15, 0.2) is 11.5 Å². The molecule has 2 bridgehead atoms. The molecule has 1 N–H and O–H groups in total. The summed E-state index contributed by atoms with van der Waals surface area (Å²) in [7, 11) is 0. The topological polar surface area (TPSA) is 46.9 Å². The van der Waals surface area contributed by atoms with Crippen LogP contribution in [0.1, 0.15) is 60.3 Å². The molecule has 2 aromatic carbocycles. The number of hydrogen-bond donors (Lipinski definition) is 1. The Bertz CT molecular complexity index is 1320. The Balaban J connectivity index is 1.35. The summed E-state index contributed by atoms with van der Waals surface area (Å²) < 4.78 is 29.8. The molecule has 3 atom stereocenters. The van der Waals surface area contributed by atoms with Gasteiger partial charge in [0.1, 0.15) is 11.5 Å². The Hall–Kier alpha value is -3.02. The van der Waals surface area contributed by atoms with E-state index in [-0.39, 0.29) is 11.6 Å². The Morgan fingerprint density at radius 1 is 1.18 bits per heavy atom. The Kier molecular flexibility index (Phi) is 4.74. The lowest BCUT2D eigenvalue weighted by Crippen LogP contribution is -2.54. The Morgan fingerprint density at radius 3 is 2.74 bits per heavy atom. The number of aryl methyl sites for hydroxylation is 1. The highest BCUT2D eigenvalue weighted by atomic mass is 19.1. The third-order valence-electron chi connectivity index (χ3n) is 8.75. The van der Waals surface area contributed by atoms with E-state index in [0.717, 1.165) is 40.7 Å². The largest absolute Gasteiger partial charge is 0.350 e. The summed E-state index contributed by atoms with van der Waals surface area (Å²) in [6, 6.07) is 9.54. The Morgan fingerprint density at radius 2 is 2.00 bits per heavy atom. The third-order valence-corrected chi connectivity index (χ3v) is 8.75. The average molecular weight is 462 g/mol. The summed E-state index contributed by atoms with van der Waals surface area (Å²) in [5.74, 6) is 0.371. The van der Waals surface area contributed by atoms with Crippen molar-refractivity contribution in [3.63, 3.8) is 0 Å². The molecule has 0 spiro atoms. The van der Waals surface area contributed by atoms with Gasteiger partial charge in [0.05, 0.1) is 5.69 Å². The molecule has 0 aliphatic heterocycles. The number of rotatable bonds is 4. The molecule has 4 aliphatic rings. The first-order valence-electron chi connectivity index (χ1n) is 12.2. The number of aromatic nitrogens is 2. The van der Waals surface area contributed by atoms with Crippen molar-refractivity contribution in [2.45, 2.75) is 46.5 Å². The number of carbonyl (C=O) groups is 1. The minimum absolute atomic E-state index is 0.139. The maximum Gasteiger partial charge on any atom is 0.272 e. The first-order valence-corrected chi connectivity index (χ1v) is 12.2. The van der Waals surface area contributed by atoms with E-state index >= 15 is 0 Å². The van der Waals surface area contributed by atoms with Crippen molar-refractivity contribution in [2.75, 3.05) is 6.54 Å². The Labute approximate surface area is 198 Å². The molecular weight excluding hydrogens is 432 g/mol. The molecule has 34 heavy (non-hydrogen) atoms. The predicted octanol–water partition coefficient (Wildman–Crippen LogP) is 5.83. The maximum absolute atomic E-state index is 14.8. The average Bonchev–Trinajstić information content (AvgIpc) is 3.34. The summed E-state index contributed by atoms with van der Waals surface area (Å²) in [6.45, 7) is 7.37. The summed E-state index contributed by atoms with van der Waals surface area (Å²) >= 11 is 0. The van der Waals surface area contributed by atoms with Gasteiger partial charge < -0.3 is 5.32 Å². The van der Waals surface area contributed by atoms with Gasteiger partial charge in [-0.05, 0) is 67.1 Å². The number of nitrogens with zero attached hydrogens (tertiary/aromatic N) is 2. The van der Waals surface area contributed by atoms with Crippen LogP contribution in [0.2, 0.25) is 0 Å². The second-order valence-corrected chi connectivity index (χ2v) is 10.9. The summed E-state index contributed by atoms with van der Waals surface area (Å²) in [5, 5.41) is 7.73. The van der Waals surface area contributed by atoms with E-state index in [4.69, 9.17) is 0 Å². The lowest BCUT2D eigenvalue weighted by molar-refractivity contribution is -0.103. The van der Waals surface area contributed by atoms with E-state index in [9.17, 15) is 13.6 Å². The molecule has 3 aromatic rings. The minimum Gasteiger partial charge on any atom is -0.350 e. The number of amides is 1. The molecule has 3 unspecified atom stereocenters. The highest BCUT2D eigenvalue weighted by Gasteiger charge is 2.54. The molecule has 3 fully saturated rings. The molecule has 6 heteroatoms. The predicted molar refractivity (Wildman–Crippen MR) is 127 cm³/mol. The van der Waals surface area contributed by atoms with Crippen molar-refractivity contribution >= 4 is 5.91 Å². The quantitative estimate of drug-likeness (QED) is 0.416. The van der Waals surface area contributed by atoms with Gasteiger partial charge in [-0.15, -0.1) is 0 Å². The van der Waals surface area contributed by atoms with E-state index < -0.39 is 11.6 Å². The number of benzene rings is 2. The number of carbonyl (C=O) groups excluding carboxylic acids is 1. The van der Waals surface area contributed by atoms with Crippen LogP contribution in [0.5, 0.6) is 0 Å². The molecule has 0 radical (unpaired) electrons. The van der Waals surface area contributed by atoms with E-state index in [0.29, 0.717) is 41.6 Å². The monoisotopic (exact) mass is 461 g/mol. The molecular formula is C28H29F2N3O. The lowest BCUT2D eigenvalue weighted by Gasteiger charge is -2.60. The minimum atomic E-state index is -0.707. The molecule has 4 nitrogen and oxygen atoms in total. The van der Waals surface area contributed by atoms with E-state index in [2.05, 4.69) is 30.3 Å². The molecule has 3 saturated carbocycles. The van der Waals surface area contributed by atoms with Gasteiger partial charge in [-0.3, -0.25) is 4.79 Å². The first kappa shape index (κ1) is 21.5. The van der Waals surface area contributed by atoms with Crippen LogP contribution < -0.4 is 5.32 Å². The van der Waals surface area contributed by atoms with Crippen molar-refractivity contribution in [1.29, 1.82) is 0 Å². The third kappa shape index (κ3) is 3.14. The van der Waals surface area contributed by atoms with Crippen molar-refractivity contribution in [2.24, 2.45) is 23.2 Å². The van der Waals surface area contributed by atoms with E-state index in [1.54, 1.807) is 0 Å². The number of nitrogens with one attached hydrogen (secondary N) is 1. The van der Waals surface area contributed by atoms with Crippen LogP contribution in [0.3, 0.4) is 0 Å². The van der Waals surface area contributed by atoms with Crippen LogP contribution in [-0.4, -0.2) is 22.2 Å². The van der Waals surface area contributed by atoms with Crippen LogP contribution in [0.15, 0.2) is 36.4 Å². The van der Waals surface area contributed by atoms with Gasteiger partial charge in [-0.25, -0.2) is 13.5 Å².